The van der Waals surface area contributed by atoms with E-state index in [0.717, 1.165) is 11.3 Å². The van der Waals surface area contributed by atoms with Gasteiger partial charge in [-0.3, -0.25) is 4.79 Å². The summed E-state index contributed by atoms with van der Waals surface area (Å²) >= 11 is 4.13. The molecule has 2 aromatic heterocycles. The van der Waals surface area contributed by atoms with Crippen molar-refractivity contribution in [3.63, 3.8) is 0 Å². The zero-order chi connectivity index (χ0) is 21.7. The number of aromatic amines is 1. The molecule has 0 radical (unpaired) electrons. The first-order valence-electron chi connectivity index (χ1n) is 9.22. The maximum atomic E-state index is 12.6. The lowest BCUT2D eigenvalue weighted by Crippen LogP contribution is -2.25. The summed E-state index contributed by atoms with van der Waals surface area (Å²) in [6, 6.07) is 1.16. The topological polar surface area (TPSA) is 87.2 Å². The number of nitrogens with one attached hydrogen (secondary N) is 1. The van der Waals surface area contributed by atoms with Crippen molar-refractivity contribution < 1.29 is 25.2 Å². The van der Waals surface area contributed by atoms with Gasteiger partial charge in [0, 0.05) is 17.1 Å². The van der Waals surface area contributed by atoms with Crippen LogP contribution in [0.1, 0.15) is 12.4 Å². The molecule has 0 spiro atoms. The summed E-state index contributed by atoms with van der Waals surface area (Å²) in [7, 11) is -3.90. The van der Waals surface area contributed by atoms with Crippen molar-refractivity contribution in [2.75, 3.05) is 5.75 Å². The molecule has 126 valence electrons. The van der Waals surface area contributed by atoms with Crippen molar-refractivity contribution in [1.29, 1.82) is 0 Å². The number of carbonyl (C=O) groups is 1. The van der Waals surface area contributed by atoms with Gasteiger partial charge in [-0.15, -0.1) is 11.3 Å². The molecule has 0 saturated carbocycles. The molecule has 8 heteroatoms. The zero-order valence-electron chi connectivity index (χ0n) is 17.0. The number of rotatable bonds is 6. The van der Waals surface area contributed by atoms with E-state index in [2.05, 4.69) is 20.9 Å². The average molecular weight is 433 g/mol. The quantitative estimate of drug-likeness (QED) is 0.621. The minimum atomic E-state index is -3.90. The standard InChI is InChI=1S/C16H14BrNO4S2/c17-14-5-6-15(23-14)24(21,22)9-11(16(19)20)7-10-8-18-13-4-2-1-3-12(10)13/h1-6,8,11,18H,7,9H2,(H,19,20)/t11-/m0/s1/i1D,2D,3D,4D,8D. The number of fused-ring (bicyclic) bond motifs is 1. The summed E-state index contributed by atoms with van der Waals surface area (Å²) in [4.78, 5) is 14.3. The average Bonchev–Trinajstić information content (AvgIpc) is 3.22. The lowest BCUT2D eigenvalue weighted by atomic mass is 10.0. The van der Waals surface area contributed by atoms with Gasteiger partial charge in [-0.25, -0.2) is 8.42 Å². The van der Waals surface area contributed by atoms with Gasteiger partial charge < -0.3 is 10.1 Å². The van der Waals surface area contributed by atoms with Crippen LogP contribution in [0.3, 0.4) is 0 Å². The van der Waals surface area contributed by atoms with Crippen LogP contribution in [0.15, 0.2) is 50.5 Å². The molecular formula is C16H14BrNO4S2. The van der Waals surface area contributed by atoms with E-state index in [1.54, 1.807) is 6.07 Å². The van der Waals surface area contributed by atoms with Crippen LogP contribution in [-0.4, -0.2) is 30.2 Å². The lowest BCUT2D eigenvalue weighted by Gasteiger charge is -2.11. The van der Waals surface area contributed by atoms with Crippen LogP contribution >= 0.6 is 27.3 Å². The van der Waals surface area contributed by atoms with Crippen LogP contribution in [0.4, 0.5) is 0 Å². The highest BCUT2D eigenvalue weighted by Gasteiger charge is 2.28. The minimum Gasteiger partial charge on any atom is -0.481 e. The van der Waals surface area contributed by atoms with Crippen LogP contribution in [0.2, 0.25) is 0 Å². The Morgan fingerprint density at radius 1 is 1.38 bits per heavy atom. The molecule has 1 aromatic carbocycles. The van der Waals surface area contributed by atoms with Gasteiger partial charge in [0.05, 0.1) is 22.3 Å². The number of aromatic nitrogens is 1. The maximum absolute atomic E-state index is 12.6. The number of sulfone groups is 1. The molecule has 0 bridgehead atoms. The molecule has 2 heterocycles. The molecule has 24 heavy (non-hydrogen) atoms. The Bertz CT molecular complexity index is 1240. The van der Waals surface area contributed by atoms with Crippen molar-refractivity contribution >= 4 is 54.0 Å². The monoisotopic (exact) mass is 432 g/mol. The number of aliphatic carboxylic acids is 1. The van der Waals surface area contributed by atoms with Crippen molar-refractivity contribution in [2.45, 2.75) is 10.6 Å². The first kappa shape index (κ1) is 11.8. The van der Waals surface area contributed by atoms with Gasteiger partial charge in [-0.05, 0) is 46.1 Å². The number of benzene rings is 1. The largest absolute Gasteiger partial charge is 0.481 e. The van der Waals surface area contributed by atoms with Crippen LogP contribution in [0, 0.1) is 5.92 Å². The summed E-state index contributed by atoms with van der Waals surface area (Å²) in [5.74, 6) is -3.48. The number of H-pyrrole nitrogens is 1. The zero-order valence-corrected chi connectivity index (χ0v) is 15.2. The highest BCUT2D eigenvalue weighted by Crippen LogP contribution is 2.29. The van der Waals surface area contributed by atoms with Gasteiger partial charge in [0.2, 0.25) is 0 Å². The highest BCUT2D eigenvalue weighted by molar-refractivity contribution is 9.11. The first-order chi connectivity index (χ1) is 13.4. The predicted octanol–water partition coefficient (Wildman–Crippen LogP) is 3.71. The van der Waals surface area contributed by atoms with Crippen molar-refractivity contribution in [3.8, 4) is 0 Å². The Hall–Kier alpha value is -1.64. The predicted molar refractivity (Wildman–Crippen MR) is 97.2 cm³/mol. The molecule has 0 aliphatic rings. The molecule has 3 rings (SSSR count). The van der Waals surface area contributed by atoms with E-state index in [9.17, 15) is 18.3 Å². The fourth-order valence-corrected chi connectivity index (χ4v) is 5.91. The smallest absolute Gasteiger partial charge is 0.307 e. The third kappa shape index (κ3) is 3.55. The highest BCUT2D eigenvalue weighted by atomic mass is 79.9. The van der Waals surface area contributed by atoms with Gasteiger partial charge >= 0.3 is 5.97 Å². The molecule has 5 nitrogen and oxygen atoms in total. The third-order valence-electron chi connectivity index (χ3n) is 3.40. The van der Waals surface area contributed by atoms with Crippen molar-refractivity contribution in [2.24, 2.45) is 5.92 Å². The van der Waals surface area contributed by atoms with Gasteiger partial charge in [-0.2, -0.15) is 0 Å². The van der Waals surface area contributed by atoms with E-state index in [-0.39, 0.29) is 39.3 Å². The van der Waals surface area contributed by atoms with E-state index < -0.39 is 45.6 Å². The maximum Gasteiger partial charge on any atom is 0.307 e. The molecule has 1 atom stereocenters. The van der Waals surface area contributed by atoms with Crippen LogP contribution < -0.4 is 0 Å². The van der Waals surface area contributed by atoms with Crippen molar-refractivity contribution in [3.05, 3.63) is 51.8 Å². The fourth-order valence-electron chi connectivity index (χ4n) is 2.26. The fraction of sp³-hybridized carbons (Fsp3) is 0.188. The number of para-hydroxylation sites is 1. The summed E-state index contributed by atoms with van der Waals surface area (Å²) < 4.78 is 65.5. The molecule has 3 aromatic rings. The Morgan fingerprint density at radius 2 is 2.12 bits per heavy atom. The molecule has 2 N–H and O–H groups in total. The Morgan fingerprint density at radius 3 is 2.79 bits per heavy atom. The molecule has 0 fully saturated rings. The van der Waals surface area contributed by atoms with Gasteiger partial charge in [-0.1, -0.05) is 18.1 Å². The SMILES string of the molecule is [2H]c1[nH]c2c([2H])c([2H])c([2H])c([2H])c2c1C[C@@H](CS(=O)(=O)c1ccc(Br)s1)C(=O)O. The molecule has 0 unspecified atom stereocenters. The number of hydrogen-bond acceptors (Lipinski definition) is 4. The van der Waals surface area contributed by atoms with E-state index >= 15 is 0 Å². The van der Waals surface area contributed by atoms with Crippen LogP contribution in [-0.2, 0) is 21.1 Å². The van der Waals surface area contributed by atoms with E-state index in [1.807, 2.05) is 0 Å². The Balaban J connectivity index is 2.05. The Labute approximate surface area is 158 Å². The van der Waals surface area contributed by atoms with Crippen LogP contribution in [0.25, 0.3) is 10.9 Å². The van der Waals surface area contributed by atoms with E-state index in [1.165, 1.54) is 6.07 Å². The molecule has 0 aliphatic carbocycles. The third-order valence-corrected chi connectivity index (χ3v) is 7.42. The van der Waals surface area contributed by atoms with Crippen molar-refractivity contribution in [1.82, 2.24) is 4.98 Å². The Kier molecular flexibility index (Phi) is 3.30. The second-order valence-electron chi connectivity index (χ2n) is 5.06. The van der Waals surface area contributed by atoms with E-state index in [4.69, 9.17) is 6.85 Å². The first-order valence-corrected chi connectivity index (χ1v) is 9.98. The summed E-state index contributed by atoms with van der Waals surface area (Å²) in [5, 5.41) is 9.58. The molecule has 0 saturated heterocycles. The van der Waals surface area contributed by atoms with Gasteiger partial charge in [0.15, 0.2) is 9.84 Å². The number of thiophene rings is 1. The summed E-state index contributed by atoms with van der Waals surface area (Å²) in [5.41, 5.74) is 0.0344. The number of hydrogen-bond donors (Lipinski definition) is 2. The lowest BCUT2D eigenvalue weighted by molar-refractivity contribution is -0.140. The summed E-state index contributed by atoms with van der Waals surface area (Å²) in [6.45, 7) is 0. The normalized spacial score (nSPS) is 16.1. The number of carboxylic acids is 1. The number of carboxylic acid groups (broad SMARTS) is 1. The number of halogens is 1. The van der Waals surface area contributed by atoms with E-state index in [0.29, 0.717) is 3.79 Å². The minimum absolute atomic E-state index is 0.00326. The molecule has 0 aliphatic heterocycles. The molecular weight excluding hydrogens is 414 g/mol. The van der Waals surface area contributed by atoms with Gasteiger partial charge in [0.1, 0.15) is 4.21 Å². The second-order valence-corrected chi connectivity index (χ2v) is 9.78. The second kappa shape index (κ2) is 6.70. The summed E-state index contributed by atoms with van der Waals surface area (Å²) in [6.07, 6.45) is -0.642. The van der Waals surface area contributed by atoms with Crippen LogP contribution in [0.5, 0.6) is 0 Å². The molecule has 0 amide bonds. The van der Waals surface area contributed by atoms with Gasteiger partial charge in [0.25, 0.3) is 0 Å².